The Hall–Kier alpha value is -1.92. The van der Waals surface area contributed by atoms with Crippen LogP contribution in [-0.4, -0.2) is 33.3 Å². The number of carbonyl (C=O) groups excluding carboxylic acids is 1. The van der Waals surface area contributed by atoms with E-state index in [1.807, 2.05) is 6.07 Å². The van der Waals surface area contributed by atoms with E-state index >= 15 is 0 Å². The zero-order chi connectivity index (χ0) is 14.5. The summed E-state index contributed by atoms with van der Waals surface area (Å²) in [4.78, 5) is 12.0. The molecule has 1 aromatic carbocycles. The SMILES string of the molecule is COC(=O)Cn1nnnc1Sc1ccc(Br)cc1C#N. The van der Waals surface area contributed by atoms with Crippen LogP contribution >= 0.6 is 27.7 Å². The van der Waals surface area contributed by atoms with Crippen molar-refractivity contribution in [2.24, 2.45) is 0 Å². The van der Waals surface area contributed by atoms with E-state index in [0.29, 0.717) is 15.6 Å². The summed E-state index contributed by atoms with van der Waals surface area (Å²) in [6.45, 7) is -0.0791. The lowest BCUT2D eigenvalue weighted by atomic mass is 10.2. The zero-order valence-corrected chi connectivity index (χ0v) is 12.7. The molecular weight excluding hydrogens is 346 g/mol. The second kappa shape index (κ2) is 6.49. The van der Waals surface area contributed by atoms with E-state index in [1.165, 1.54) is 23.6 Å². The molecule has 0 fully saturated rings. The molecule has 102 valence electrons. The van der Waals surface area contributed by atoms with Crippen molar-refractivity contribution in [3.05, 3.63) is 28.2 Å². The standard InChI is InChI=1S/C11H8BrN5O2S/c1-19-10(18)6-17-11(14-15-16-17)20-9-3-2-8(12)4-7(9)5-13/h2-4H,6H2,1H3. The van der Waals surface area contributed by atoms with Crippen LogP contribution in [0, 0.1) is 11.3 Å². The number of nitrogens with zero attached hydrogens (tertiary/aromatic N) is 5. The number of rotatable bonds is 4. The van der Waals surface area contributed by atoms with Crippen LogP contribution in [0.2, 0.25) is 0 Å². The van der Waals surface area contributed by atoms with Crippen molar-refractivity contribution < 1.29 is 9.53 Å². The molecule has 7 nitrogen and oxygen atoms in total. The number of hydrogen-bond donors (Lipinski definition) is 0. The molecule has 1 heterocycles. The van der Waals surface area contributed by atoms with Crippen molar-refractivity contribution >= 4 is 33.7 Å². The number of carbonyl (C=O) groups is 1. The van der Waals surface area contributed by atoms with Gasteiger partial charge in [0.25, 0.3) is 0 Å². The van der Waals surface area contributed by atoms with Crippen LogP contribution < -0.4 is 0 Å². The van der Waals surface area contributed by atoms with Crippen LogP contribution in [0.4, 0.5) is 0 Å². The summed E-state index contributed by atoms with van der Waals surface area (Å²) in [6.07, 6.45) is 0. The fraction of sp³-hybridized carbons (Fsp3) is 0.182. The summed E-state index contributed by atoms with van der Waals surface area (Å²) < 4.78 is 6.70. The average molecular weight is 354 g/mol. The summed E-state index contributed by atoms with van der Waals surface area (Å²) in [5.74, 6) is -0.449. The first kappa shape index (κ1) is 14.5. The van der Waals surface area contributed by atoms with Gasteiger partial charge in [0.15, 0.2) is 0 Å². The number of aromatic nitrogens is 4. The maximum atomic E-state index is 11.2. The number of hydrogen-bond acceptors (Lipinski definition) is 7. The maximum absolute atomic E-state index is 11.2. The van der Waals surface area contributed by atoms with Crippen LogP contribution in [0.15, 0.2) is 32.7 Å². The number of benzene rings is 1. The molecule has 1 aromatic heterocycles. The number of ether oxygens (including phenoxy) is 1. The van der Waals surface area contributed by atoms with Gasteiger partial charge in [0, 0.05) is 9.37 Å². The molecule has 0 radical (unpaired) electrons. The van der Waals surface area contributed by atoms with Crippen LogP contribution in [0.5, 0.6) is 0 Å². The van der Waals surface area contributed by atoms with Gasteiger partial charge in [-0.15, -0.1) is 5.10 Å². The Morgan fingerprint density at radius 2 is 2.40 bits per heavy atom. The number of nitriles is 1. The van der Waals surface area contributed by atoms with Crippen molar-refractivity contribution in [3.8, 4) is 6.07 Å². The van der Waals surface area contributed by atoms with E-state index < -0.39 is 5.97 Å². The highest BCUT2D eigenvalue weighted by Gasteiger charge is 2.14. The van der Waals surface area contributed by atoms with E-state index in [1.54, 1.807) is 12.1 Å². The molecule has 0 spiro atoms. The molecular formula is C11H8BrN5O2S. The third-order valence-corrected chi connectivity index (χ3v) is 3.81. The Balaban J connectivity index is 2.25. The topological polar surface area (TPSA) is 93.7 Å². The lowest BCUT2D eigenvalue weighted by Gasteiger charge is -2.04. The predicted octanol–water partition coefficient (Wildman–Crippen LogP) is 1.63. The van der Waals surface area contributed by atoms with Gasteiger partial charge in [0.2, 0.25) is 5.16 Å². The number of methoxy groups -OCH3 is 1. The molecule has 0 amide bonds. The van der Waals surface area contributed by atoms with E-state index in [-0.39, 0.29) is 6.54 Å². The van der Waals surface area contributed by atoms with Gasteiger partial charge in [-0.05, 0) is 40.4 Å². The number of esters is 1. The lowest BCUT2D eigenvalue weighted by molar-refractivity contribution is -0.141. The Kier molecular flexibility index (Phi) is 4.70. The Bertz CT molecular complexity index is 682. The molecule has 0 aliphatic rings. The summed E-state index contributed by atoms with van der Waals surface area (Å²) in [7, 11) is 1.29. The molecule has 0 saturated carbocycles. The van der Waals surface area contributed by atoms with Gasteiger partial charge in [-0.25, -0.2) is 4.68 Å². The van der Waals surface area contributed by atoms with Crippen molar-refractivity contribution in [1.82, 2.24) is 20.2 Å². The minimum atomic E-state index is -0.449. The number of halogens is 1. The lowest BCUT2D eigenvalue weighted by Crippen LogP contribution is -2.13. The van der Waals surface area contributed by atoms with Crippen LogP contribution in [0.1, 0.15) is 5.56 Å². The molecule has 0 N–H and O–H groups in total. The Morgan fingerprint density at radius 1 is 1.60 bits per heavy atom. The second-order valence-corrected chi connectivity index (χ2v) is 5.47. The van der Waals surface area contributed by atoms with Gasteiger partial charge >= 0.3 is 5.97 Å². The van der Waals surface area contributed by atoms with E-state index in [9.17, 15) is 4.79 Å². The van der Waals surface area contributed by atoms with Gasteiger partial charge in [-0.2, -0.15) is 5.26 Å². The summed E-state index contributed by atoms with van der Waals surface area (Å²) >= 11 is 4.51. The van der Waals surface area contributed by atoms with Crippen molar-refractivity contribution in [2.45, 2.75) is 16.6 Å². The van der Waals surface area contributed by atoms with Crippen molar-refractivity contribution in [1.29, 1.82) is 5.26 Å². The monoisotopic (exact) mass is 353 g/mol. The van der Waals surface area contributed by atoms with Gasteiger partial charge in [0.05, 0.1) is 12.7 Å². The summed E-state index contributed by atoms with van der Waals surface area (Å²) in [5, 5.41) is 20.6. The van der Waals surface area contributed by atoms with Gasteiger partial charge in [0.1, 0.15) is 12.6 Å². The first-order valence-corrected chi connectivity index (χ1v) is 6.95. The van der Waals surface area contributed by atoms with Crippen molar-refractivity contribution in [3.63, 3.8) is 0 Å². The minimum absolute atomic E-state index is 0.0791. The maximum Gasteiger partial charge on any atom is 0.327 e. The van der Waals surface area contributed by atoms with Crippen LogP contribution in [0.3, 0.4) is 0 Å². The first-order valence-electron chi connectivity index (χ1n) is 5.34. The fourth-order valence-electron chi connectivity index (χ4n) is 1.33. The molecule has 0 saturated heterocycles. The molecule has 0 bridgehead atoms. The van der Waals surface area contributed by atoms with E-state index in [4.69, 9.17) is 5.26 Å². The molecule has 9 heteroatoms. The Morgan fingerprint density at radius 3 is 3.10 bits per heavy atom. The largest absolute Gasteiger partial charge is 0.468 e. The molecule has 0 atom stereocenters. The molecule has 0 unspecified atom stereocenters. The molecule has 20 heavy (non-hydrogen) atoms. The van der Waals surface area contributed by atoms with Gasteiger partial charge < -0.3 is 4.74 Å². The highest BCUT2D eigenvalue weighted by molar-refractivity contribution is 9.10. The highest BCUT2D eigenvalue weighted by atomic mass is 79.9. The van der Waals surface area contributed by atoms with Gasteiger partial charge in [-0.3, -0.25) is 4.79 Å². The summed E-state index contributed by atoms with van der Waals surface area (Å²) in [6, 6.07) is 7.40. The third-order valence-electron chi connectivity index (χ3n) is 2.27. The quantitative estimate of drug-likeness (QED) is 0.771. The highest BCUT2D eigenvalue weighted by Crippen LogP contribution is 2.30. The fourth-order valence-corrected chi connectivity index (χ4v) is 2.52. The zero-order valence-electron chi connectivity index (χ0n) is 10.3. The van der Waals surface area contributed by atoms with E-state index in [2.05, 4.69) is 42.3 Å². The van der Waals surface area contributed by atoms with E-state index in [0.717, 1.165) is 4.47 Å². The summed E-state index contributed by atoms with van der Waals surface area (Å²) in [5.41, 5.74) is 0.497. The van der Waals surface area contributed by atoms with Gasteiger partial charge in [-0.1, -0.05) is 15.9 Å². The second-order valence-electron chi connectivity index (χ2n) is 3.55. The first-order chi connectivity index (χ1) is 9.63. The predicted molar refractivity (Wildman–Crippen MR) is 72.8 cm³/mol. The third kappa shape index (κ3) is 3.34. The van der Waals surface area contributed by atoms with Crippen molar-refractivity contribution in [2.75, 3.05) is 7.11 Å². The Labute approximate surface area is 127 Å². The van der Waals surface area contributed by atoms with Crippen LogP contribution in [-0.2, 0) is 16.1 Å². The molecule has 0 aliphatic heterocycles. The normalized spacial score (nSPS) is 10.1. The molecule has 2 aromatic rings. The average Bonchev–Trinajstić information content (AvgIpc) is 2.87. The van der Waals surface area contributed by atoms with Crippen LogP contribution in [0.25, 0.3) is 0 Å². The smallest absolute Gasteiger partial charge is 0.327 e. The number of tetrazole rings is 1. The molecule has 0 aliphatic carbocycles. The molecule has 2 rings (SSSR count). The minimum Gasteiger partial charge on any atom is -0.468 e.